The second-order valence-electron chi connectivity index (χ2n) is 7.47. The number of nitrogens with one attached hydrogen (secondary N) is 1. The summed E-state index contributed by atoms with van der Waals surface area (Å²) < 4.78 is 11.5. The Labute approximate surface area is 202 Å². The van der Waals surface area contributed by atoms with Crippen LogP contribution in [0.25, 0.3) is 16.8 Å². The zero-order valence-electron chi connectivity index (χ0n) is 18.4. The number of carbonyl (C=O) groups is 1. The number of carbonyl (C=O) groups excluding carboxylic acids is 1. The highest BCUT2D eigenvalue weighted by Gasteiger charge is 2.12. The van der Waals surface area contributed by atoms with E-state index in [-0.39, 0.29) is 5.57 Å². The van der Waals surface area contributed by atoms with Crippen LogP contribution in [0.5, 0.6) is 11.5 Å². The molecule has 0 fully saturated rings. The van der Waals surface area contributed by atoms with E-state index in [0.717, 1.165) is 16.3 Å². The summed E-state index contributed by atoms with van der Waals surface area (Å²) in [5.41, 5.74) is 2.15. The van der Waals surface area contributed by atoms with Gasteiger partial charge in [0.15, 0.2) is 11.5 Å². The van der Waals surface area contributed by atoms with Crippen molar-refractivity contribution in [3.63, 3.8) is 0 Å². The molecule has 0 spiro atoms. The van der Waals surface area contributed by atoms with Crippen LogP contribution in [-0.4, -0.2) is 13.0 Å². The van der Waals surface area contributed by atoms with Crippen molar-refractivity contribution in [3.05, 3.63) is 107 Å². The summed E-state index contributed by atoms with van der Waals surface area (Å²) in [6.07, 6.45) is 1.50. The van der Waals surface area contributed by atoms with Gasteiger partial charge in [-0.15, -0.1) is 0 Å². The first kappa shape index (κ1) is 22.9. The molecule has 6 heteroatoms. The maximum Gasteiger partial charge on any atom is 0.266 e. The van der Waals surface area contributed by atoms with Crippen LogP contribution in [0.2, 0.25) is 5.02 Å². The SMILES string of the molecule is COc1cc(/C=C(\C#N)C(=O)Nc2cccc(Cl)c2)ccc1OCc1cccc2ccccc12. The number of nitriles is 1. The summed E-state index contributed by atoms with van der Waals surface area (Å²) in [6, 6.07) is 28.2. The molecule has 34 heavy (non-hydrogen) atoms. The third kappa shape index (κ3) is 5.37. The van der Waals surface area contributed by atoms with Gasteiger partial charge >= 0.3 is 0 Å². The normalized spacial score (nSPS) is 11.0. The quantitative estimate of drug-likeness (QED) is 0.244. The summed E-state index contributed by atoms with van der Waals surface area (Å²) in [6.45, 7) is 0.373. The first-order chi connectivity index (χ1) is 16.6. The van der Waals surface area contributed by atoms with E-state index >= 15 is 0 Å². The van der Waals surface area contributed by atoms with Crippen molar-refractivity contribution >= 4 is 40.0 Å². The lowest BCUT2D eigenvalue weighted by atomic mass is 10.1. The first-order valence-electron chi connectivity index (χ1n) is 10.5. The molecule has 5 nitrogen and oxygen atoms in total. The fraction of sp³-hybridized carbons (Fsp3) is 0.0714. The molecule has 1 N–H and O–H groups in total. The Hall–Kier alpha value is -4.27. The molecular weight excluding hydrogens is 448 g/mol. The van der Waals surface area contributed by atoms with Gasteiger partial charge in [-0.1, -0.05) is 66.2 Å². The molecule has 0 bridgehead atoms. The molecule has 0 unspecified atom stereocenters. The van der Waals surface area contributed by atoms with E-state index in [0.29, 0.717) is 34.4 Å². The Morgan fingerprint density at radius 2 is 1.79 bits per heavy atom. The number of hydrogen-bond acceptors (Lipinski definition) is 4. The minimum atomic E-state index is -0.528. The summed E-state index contributed by atoms with van der Waals surface area (Å²) in [5, 5.41) is 15.0. The summed E-state index contributed by atoms with van der Waals surface area (Å²) in [5.74, 6) is 0.538. The number of methoxy groups -OCH3 is 1. The molecule has 0 saturated heterocycles. The molecule has 4 aromatic rings. The molecule has 0 saturated carbocycles. The number of amides is 1. The summed E-state index contributed by atoms with van der Waals surface area (Å²) in [7, 11) is 1.55. The number of ether oxygens (including phenoxy) is 2. The molecule has 0 radical (unpaired) electrons. The average Bonchev–Trinajstić information content (AvgIpc) is 2.86. The molecule has 0 heterocycles. The van der Waals surface area contributed by atoms with E-state index < -0.39 is 5.91 Å². The third-order valence-electron chi connectivity index (χ3n) is 5.21. The molecular formula is C28H21ClN2O3. The number of anilines is 1. The van der Waals surface area contributed by atoms with Crippen LogP contribution < -0.4 is 14.8 Å². The van der Waals surface area contributed by atoms with Gasteiger partial charge in [0, 0.05) is 10.7 Å². The molecule has 0 aliphatic rings. The number of benzene rings is 4. The monoisotopic (exact) mass is 468 g/mol. The minimum Gasteiger partial charge on any atom is -0.493 e. The van der Waals surface area contributed by atoms with Crippen molar-refractivity contribution in [2.24, 2.45) is 0 Å². The van der Waals surface area contributed by atoms with Crippen LogP contribution in [0.1, 0.15) is 11.1 Å². The average molecular weight is 469 g/mol. The zero-order valence-corrected chi connectivity index (χ0v) is 19.2. The predicted molar refractivity (Wildman–Crippen MR) is 135 cm³/mol. The number of rotatable bonds is 7. The highest BCUT2D eigenvalue weighted by atomic mass is 35.5. The Morgan fingerprint density at radius 3 is 2.59 bits per heavy atom. The molecule has 168 valence electrons. The largest absolute Gasteiger partial charge is 0.493 e. The third-order valence-corrected chi connectivity index (χ3v) is 5.44. The Kier molecular flexibility index (Phi) is 7.12. The second kappa shape index (κ2) is 10.6. The summed E-state index contributed by atoms with van der Waals surface area (Å²) >= 11 is 5.96. The fourth-order valence-electron chi connectivity index (χ4n) is 3.55. The van der Waals surface area contributed by atoms with Crippen LogP contribution in [0.3, 0.4) is 0 Å². The predicted octanol–water partition coefficient (Wildman–Crippen LogP) is 6.63. The molecule has 0 aliphatic heterocycles. The van der Waals surface area contributed by atoms with Crippen LogP contribution in [0.4, 0.5) is 5.69 Å². The molecule has 4 rings (SSSR count). The lowest BCUT2D eigenvalue weighted by Gasteiger charge is -2.13. The van der Waals surface area contributed by atoms with Crippen molar-refractivity contribution in [1.29, 1.82) is 5.26 Å². The smallest absolute Gasteiger partial charge is 0.266 e. The van der Waals surface area contributed by atoms with Gasteiger partial charge in [0.2, 0.25) is 0 Å². The minimum absolute atomic E-state index is 0.0496. The van der Waals surface area contributed by atoms with Crippen LogP contribution in [-0.2, 0) is 11.4 Å². The maximum absolute atomic E-state index is 12.5. The van der Waals surface area contributed by atoms with Crippen LogP contribution >= 0.6 is 11.6 Å². The van der Waals surface area contributed by atoms with Gasteiger partial charge in [0.05, 0.1) is 7.11 Å². The number of fused-ring (bicyclic) bond motifs is 1. The molecule has 0 atom stereocenters. The molecule has 4 aromatic carbocycles. The van der Waals surface area contributed by atoms with Crippen LogP contribution in [0, 0.1) is 11.3 Å². The Balaban J connectivity index is 1.52. The molecule has 1 amide bonds. The topological polar surface area (TPSA) is 71.3 Å². The highest BCUT2D eigenvalue weighted by Crippen LogP contribution is 2.30. The highest BCUT2D eigenvalue weighted by molar-refractivity contribution is 6.31. The van der Waals surface area contributed by atoms with Crippen molar-refractivity contribution < 1.29 is 14.3 Å². The van der Waals surface area contributed by atoms with Gasteiger partial charge in [0.1, 0.15) is 18.2 Å². The first-order valence-corrected chi connectivity index (χ1v) is 10.9. The number of hydrogen-bond donors (Lipinski definition) is 1. The maximum atomic E-state index is 12.5. The van der Waals surface area contributed by atoms with Crippen molar-refractivity contribution in [2.75, 3.05) is 12.4 Å². The van der Waals surface area contributed by atoms with E-state index in [9.17, 15) is 10.1 Å². The van der Waals surface area contributed by atoms with E-state index in [1.54, 1.807) is 49.6 Å². The number of halogens is 1. The molecule has 0 aromatic heterocycles. The Bertz CT molecular complexity index is 1420. The van der Waals surface area contributed by atoms with Gasteiger partial charge in [0.25, 0.3) is 5.91 Å². The second-order valence-corrected chi connectivity index (χ2v) is 7.91. The standard InChI is InChI=1S/C28H21ClN2O3/c1-33-27-15-19(14-22(17-30)28(32)31-24-10-5-9-23(29)16-24)12-13-26(27)34-18-21-8-4-7-20-6-2-3-11-25(20)21/h2-16H,18H2,1H3,(H,31,32)/b22-14+. The van der Waals surface area contributed by atoms with E-state index in [1.165, 1.54) is 6.08 Å². The van der Waals surface area contributed by atoms with Gasteiger partial charge in [-0.2, -0.15) is 5.26 Å². The van der Waals surface area contributed by atoms with Crippen LogP contribution in [0.15, 0.2) is 90.5 Å². The Morgan fingerprint density at radius 1 is 1.00 bits per heavy atom. The lowest BCUT2D eigenvalue weighted by molar-refractivity contribution is -0.112. The lowest BCUT2D eigenvalue weighted by Crippen LogP contribution is -2.13. The van der Waals surface area contributed by atoms with E-state index in [4.69, 9.17) is 21.1 Å². The van der Waals surface area contributed by atoms with E-state index in [1.807, 2.05) is 30.3 Å². The van der Waals surface area contributed by atoms with Crippen molar-refractivity contribution in [2.45, 2.75) is 6.61 Å². The van der Waals surface area contributed by atoms with Gasteiger partial charge in [-0.25, -0.2) is 0 Å². The van der Waals surface area contributed by atoms with Crippen molar-refractivity contribution in [3.8, 4) is 17.6 Å². The fourth-order valence-corrected chi connectivity index (χ4v) is 3.74. The summed E-state index contributed by atoms with van der Waals surface area (Å²) in [4.78, 5) is 12.5. The van der Waals surface area contributed by atoms with Gasteiger partial charge in [-0.3, -0.25) is 4.79 Å². The van der Waals surface area contributed by atoms with Gasteiger partial charge in [-0.05, 0) is 58.3 Å². The van der Waals surface area contributed by atoms with Crippen molar-refractivity contribution in [1.82, 2.24) is 0 Å². The molecule has 0 aliphatic carbocycles. The van der Waals surface area contributed by atoms with E-state index in [2.05, 4.69) is 23.5 Å². The van der Waals surface area contributed by atoms with Gasteiger partial charge < -0.3 is 14.8 Å². The zero-order chi connectivity index (χ0) is 23.9. The number of nitrogens with zero attached hydrogens (tertiary/aromatic N) is 1.